The van der Waals surface area contributed by atoms with E-state index in [0.29, 0.717) is 0 Å². The summed E-state index contributed by atoms with van der Waals surface area (Å²) in [5, 5.41) is 11.4. The van der Waals surface area contributed by atoms with E-state index in [1.165, 1.54) is 26.4 Å². The smallest absolute Gasteiger partial charge is 0.411 e. The van der Waals surface area contributed by atoms with E-state index in [2.05, 4.69) is 10.1 Å². The quantitative estimate of drug-likeness (QED) is 0.770. The number of methoxy groups -OCH3 is 2. The summed E-state index contributed by atoms with van der Waals surface area (Å²) in [6.45, 7) is -0.501. The van der Waals surface area contributed by atoms with Crippen molar-refractivity contribution in [2.24, 2.45) is 0 Å². The fraction of sp³-hybridized carbons (Fsp3) is 0.333. The van der Waals surface area contributed by atoms with Crippen molar-refractivity contribution in [1.29, 1.82) is 0 Å². The van der Waals surface area contributed by atoms with E-state index >= 15 is 0 Å². The average Bonchev–Trinajstić information content (AvgIpc) is 2.43. The lowest BCUT2D eigenvalue weighted by Gasteiger charge is -2.15. The summed E-state index contributed by atoms with van der Waals surface area (Å²) in [6.07, 6.45) is -0.985. The summed E-state index contributed by atoms with van der Waals surface area (Å²) in [7, 11) is 2.72. The number of benzene rings is 1. The van der Waals surface area contributed by atoms with Crippen LogP contribution in [-0.4, -0.2) is 41.8 Å². The molecule has 122 valence electrons. The maximum absolute atomic E-state index is 11.6. The molecular weight excluding hydrogens is 360 g/mol. The summed E-state index contributed by atoms with van der Waals surface area (Å²) < 4.78 is 12.9. The van der Waals surface area contributed by atoms with Crippen LogP contribution in [0.25, 0.3) is 0 Å². The lowest BCUT2D eigenvalue weighted by atomic mass is 10.1. The first-order chi connectivity index (χ1) is 10.2. The molecule has 1 amide bonds. The third-order valence-corrected chi connectivity index (χ3v) is 2.69. The molecule has 7 nitrogen and oxygen atoms in total. The van der Waals surface area contributed by atoms with Gasteiger partial charge in [0.2, 0.25) is 3.79 Å². The van der Waals surface area contributed by atoms with Gasteiger partial charge in [0, 0.05) is 12.1 Å². The number of hydrogen-bond donors (Lipinski definition) is 2. The number of carboxylic acids is 1. The highest BCUT2D eigenvalue weighted by molar-refractivity contribution is 6.67. The molecule has 0 aliphatic heterocycles. The molecular formula is C12H12Cl3NO6. The van der Waals surface area contributed by atoms with Gasteiger partial charge >= 0.3 is 12.1 Å². The van der Waals surface area contributed by atoms with Crippen molar-refractivity contribution in [1.82, 2.24) is 0 Å². The zero-order chi connectivity index (χ0) is 16.9. The largest absolute Gasteiger partial charge is 0.493 e. The second-order valence-electron chi connectivity index (χ2n) is 3.87. The molecule has 2 N–H and O–H groups in total. The van der Waals surface area contributed by atoms with E-state index in [1.807, 2.05) is 0 Å². The summed E-state index contributed by atoms with van der Waals surface area (Å²) in [5.41, 5.74) is -0.275. The van der Waals surface area contributed by atoms with Gasteiger partial charge in [0.25, 0.3) is 0 Å². The first-order valence-electron chi connectivity index (χ1n) is 5.67. The number of rotatable bonds is 5. The zero-order valence-corrected chi connectivity index (χ0v) is 13.8. The standard InChI is InChI=1S/C12H12Cl3NO6/c1-20-8-3-6(10(17)18)7(4-9(8)21-2)16-11(19)22-5-12(13,14)15/h3-4H,5H2,1-2H3,(H,16,19)(H,17,18). The summed E-state index contributed by atoms with van der Waals surface area (Å²) in [4.78, 5) is 22.9. The Kier molecular flexibility index (Phi) is 6.40. The molecule has 0 spiro atoms. The van der Waals surface area contributed by atoms with Crippen LogP contribution in [0.2, 0.25) is 0 Å². The molecule has 0 atom stereocenters. The number of carbonyl (C=O) groups excluding carboxylic acids is 1. The van der Waals surface area contributed by atoms with Gasteiger partial charge in [-0.1, -0.05) is 34.8 Å². The highest BCUT2D eigenvalue weighted by atomic mass is 35.6. The number of carboxylic acid groups (broad SMARTS) is 1. The minimum atomic E-state index is -1.77. The first-order valence-corrected chi connectivity index (χ1v) is 6.81. The average molecular weight is 373 g/mol. The summed E-state index contributed by atoms with van der Waals surface area (Å²) in [6, 6.07) is 2.48. The summed E-state index contributed by atoms with van der Waals surface area (Å²) in [5.74, 6) is -0.859. The molecule has 0 heterocycles. The maximum atomic E-state index is 11.6. The Bertz CT molecular complexity index is 573. The molecule has 0 bridgehead atoms. The van der Waals surface area contributed by atoms with Crippen LogP contribution >= 0.6 is 34.8 Å². The van der Waals surface area contributed by atoms with Crippen LogP contribution in [0.1, 0.15) is 10.4 Å². The van der Waals surface area contributed by atoms with Gasteiger partial charge in [-0.15, -0.1) is 0 Å². The number of alkyl halides is 3. The van der Waals surface area contributed by atoms with Crippen LogP contribution in [-0.2, 0) is 4.74 Å². The predicted octanol–water partition coefficient (Wildman–Crippen LogP) is 3.32. The van der Waals surface area contributed by atoms with Crippen molar-refractivity contribution in [3.8, 4) is 11.5 Å². The summed E-state index contributed by atoms with van der Waals surface area (Å²) >= 11 is 16.3. The van der Waals surface area contributed by atoms with Crippen LogP contribution in [0.4, 0.5) is 10.5 Å². The number of carbonyl (C=O) groups is 2. The van der Waals surface area contributed by atoms with Crippen molar-refractivity contribution in [2.75, 3.05) is 26.1 Å². The van der Waals surface area contributed by atoms with Gasteiger partial charge in [-0.05, 0) is 0 Å². The van der Waals surface area contributed by atoms with E-state index in [-0.39, 0.29) is 22.7 Å². The van der Waals surface area contributed by atoms with Crippen molar-refractivity contribution in [2.45, 2.75) is 3.79 Å². The predicted molar refractivity (Wildman–Crippen MR) is 81.8 cm³/mol. The molecule has 1 aromatic rings. The topological polar surface area (TPSA) is 94.1 Å². The Morgan fingerprint density at radius 2 is 1.73 bits per heavy atom. The Morgan fingerprint density at radius 1 is 1.18 bits per heavy atom. The number of halogens is 3. The van der Waals surface area contributed by atoms with Crippen LogP contribution in [0, 0.1) is 0 Å². The molecule has 0 saturated heterocycles. The molecule has 0 fully saturated rings. The molecule has 22 heavy (non-hydrogen) atoms. The van der Waals surface area contributed by atoms with Crippen LogP contribution in [0.5, 0.6) is 11.5 Å². The molecule has 0 unspecified atom stereocenters. The molecule has 0 aliphatic carbocycles. The molecule has 10 heteroatoms. The third-order valence-electron chi connectivity index (χ3n) is 2.36. The second-order valence-corrected chi connectivity index (χ2v) is 6.39. The molecule has 0 saturated carbocycles. The van der Waals surface area contributed by atoms with E-state index in [4.69, 9.17) is 49.4 Å². The molecule has 1 aromatic carbocycles. The molecule has 0 aliphatic rings. The minimum Gasteiger partial charge on any atom is -0.493 e. The lowest BCUT2D eigenvalue weighted by molar-refractivity contribution is 0.0697. The number of amides is 1. The SMILES string of the molecule is COc1cc(NC(=O)OCC(Cl)(Cl)Cl)c(C(=O)O)cc1OC. The zero-order valence-electron chi connectivity index (χ0n) is 11.5. The third kappa shape index (κ3) is 5.32. The second kappa shape index (κ2) is 7.62. The van der Waals surface area contributed by atoms with Gasteiger partial charge in [-0.25, -0.2) is 9.59 Å². The fourth-order valence-electron chi connectivity index (χ4n) is 1.45. The number of anilines is 1. The first kappa shape index (κ1) is 18.5. The maximum Gasteiger partial charge on any atom is 0.411 e. The van der Waals surface area contributed by atoms with Crippen LogP contribution in [0.3, 0.4) is 0 Å². The van der Waals surface area contributed by atoms with Crippen molar-refractivity contribution < 1.29 is 28.9 Å². The van der Waals surface area contributed by atoms with Gasteiger partial charge in [0.05, 0.1) is 25.5 Å². The van der Waals surface area contributed by atoms with Gasteiger partial charge < -0.3 is 19.3 Å². The van der Waals surface area contributed by atoms with E-state index in [9.17, 15) is 9.59 Å². The van der Waals surface area contributed by atoms with Crippen molar-refractivity contribution in [3.63, 3.8) is 0 Å². The Morgan fingerprint density at radius 3 is 2.18 bits per heavy atom. The number of ether oxygens (including phenoxy) is 3. The monoisotopic (exact) mass is 371 g/mol. The van der Waals surface area contributed by atoms with E-state index in [0.717, 1.165) is 0 Å². The van der Waals surface area contributed by atoms with Crippen molar-refractivity contribution in [3.05, 3.63) is 17.7 Å². The number of hydrogen-bond acceptors (Lipinski definition) is 5. The van der Waals surface area contributed by atoms with Gasteiger partial charge in [0.1, 0.15) is 6.61 Å². The highest BCUT2D eigenvalue weighted by Gasteiger charge is 2.23. The molecule has 1 rings (SSSR count). The number of nitrogens with one attached hydrogen (secondary N) is 1. The van der Waals surface area contributed by atoms with E-state index in [1.54, 1.807) is 0 Å². The Labute approximate surface area is 141 Å². The van der Waals surface area contributed by atoms with Crippen molar-refractivity contribution >= 4 is 52.6 Å². The molecule has 0 aromatic heterocycles. The molecule has 0 radical (unpaired) electrons. The Hall–Kier alpha value is -1.57. The minimum absolute atomic E-state index is 0.0560. The highest BCUT2D eigenvalue weighted by Crippen LogP contribution is 2.33. The Balaban J connectivity index is 3.02. The number of aromatic carboxylic acids is 1. The van der Waals surface area contributed by atoms with Gasteiger partial charge in [-0.3, -0.25) is 5.32 Å². The van der Waals surface area contributed by atoms with Gasteiger partial charge in [0.15, 0.2) is 11.5 Å². The van der Waals surface area contributed by atoms with Crippen LogP contribution < -0.4 is 14.8 Å². The van der Waals surface area contributed by atoms with E-state index < -0.39 is 22.5 Å². The fourth-order valence-corrected chi connectivity index (χ4v) is 1.62. The normalized spacial score (nSPS) is 10.8. The van der Waals surface area contributed by atoms with Crippen LogP contribution in [0.15, 0.2) is 12.1 Å². The van der Waals surface area contributed by atoms with Gasteiger partial charge in [-0.2, -0.15) is 0 Å². The lowest BCUT2D eigenvalue weighted by Crippen LogP contribution is -2.22.